The van der Waals surface area contributed by atoms with E-state index in [1.807, 2.05) is 17.8 Å². The van der Waals surface area contributed by atoms with Crippen LogP contribution in [0.3, 0.4) is 0 Å². The molecule has 3 nitrogen and oxygen atoms in total. The second kappa shape index (κ2) is 5.87. The fourth-order valence-electron chi connectivity index (χ4n) is 1.77. The molecule has 0 radical (unpaired) electrons. The van der Waals surface area contributed by atoms with E-state index in [1.165, 1.54) is 0 Å². The van der Waals surface area contributed by atoms with Crippen LogP contribution in [0.1, 0.15) is 33.4 Å². The van der Waals surface area contributed by atoms with Gasteiger partial charge in [0.1, 0.15) is 0 Å². The van der Waals surface area contributed by atoms with E-state index < -0.39 is 0 Å². The molecule has 0 amide bonds. The van der Waals surface area contributed by atoms with Crippen LogP contribution in [0.2, 0.25) is 5.02 Å². The first-order valence-corrected chi connectivity index (χ1v) is 6.58. The van der Waals surface area contributed by atoms with E-state index in [-0.39, 0.29) is 5.41 Å². The second-order valence-electron chi connectivity index (χ2n) is 5.95. The molecule has 0 aliphatic heterocycles. The number of nitrogens with zero attached hydrogens (tertiary/aromatic N) is 2. The van der Waals surface area contributed by atoms with E-state index >= 15 is 0 Å². The van der Waals surface area contributed by atoms with Gasteiger partial charge < -0.3 is 5.32 Å². The fourth-order valence-corrected chi connectivity index (χ4v) is 1.92. The van der Waals surface area contributed by atoms with Crippen molar-refractivity contribution in [1.29, 1.82) is 0 Å². The summed E-state index contributed by atoms with van der Waals surface area (Å²) in [5, 5.41) is 8.63. The fraction of sp³-hybridized carbons (Fsp3) is 0.769. The number of aromatic nitrogens is 2. The highest BCUT2D eigenvalue weighted by atomic mass is 35.5. The Kier molecular flexibility index (Phi) is 5.02. The molecule has 0 bridgehead atoms. The molecular weight excluding hydrogens is 234 g/mol. The van der Waals surface area contributed by atoms with Crippen molar-refractivity contribution < 1.29 is 0 Å². The average Bonchev–Trinajstić information content (AvgIpc) is 2.43. The number of hydrogen-bond donors (Lipinski definition) is 1. The van der Waals surface area contributed by atoms with Gasteiger partial charge in [-0.2, -0.15) is 5.10 Å². The number of nitrogens with one attached hydrogen (secondary N) is 1. The maximum Gasteiger partial charge on any atom is 0.0814 e. The molecule has 98 valence electrons. The normalized spacial score (nSPS) is 12.4. The molecule has 0 aromatic carbocycles. The van der Waals surface area contributed by atoms with Gasteiger partial charge in [-0.3, -0.25) is 4.68 Å². The lowest BCUT2D eigenvalue weighted by atomic mass is 9.93. The summed E-state index contributed by atoms with van der Waals surface area (Å²) < 4.78 is 1.94. The molecule has 1 heterocycles. The summed E-state index contributed by atoms with van der Waals surface area (Å²) >= 11 is 6.01. The molecule has 0 unspecified atom stereocenters. The van der Waals surface area contributed by atoms with Gasteiger partial charge >= 0.3 is 0 Å². The molecular formula is C13H24ClN3. The molecule has 0 saturated carbocycles. The first-order chi connectivity index (χ1) is 7.80. The molecule has 0 aliphatic carbocycles. The molecule has 4 heteroatoms. The second-order valence-corrected chi connectivity index (χ2v) is 6.36. The van der Waals surface area contributed by atoms with Gasteiger partial charge in [-0.25, -0.2) is 0 Å². The highest BCUT2D eigenvalue weighted by molar-refractivity contribution is 6.31. The third-order valence-electron chi connectivity index (χ3n) is 2.63. The van der Waals surface area contributed by atoms with Gasteiger partial charge in [-0.15, -0.1) is 0 Å². The van der Waals surface area contributed by atoms with Gasteiger partial charge in [0.25, 0.3) is 0 Å². The Balaban J connectivity index is 2.48. The highest BCUT2D eigenvalue weighted by Gasteiger charge is 2.19. The standard InChI is InChI=1S/C13H24ClN3/c1-10(2)6-15-8-13(4,5)9-17-7-12(14)11(3)16-17/h7,10,15H,6,8-9H2,1-5H3. The van der Waals surface area contributed by atoms with Crippen molar-refractivity contribution in [1.82, 2.24) is 15.1 Å². The molecule has 0 saturated heterocycles. The molecule has 0 spiro atoms. The van der Waals surface area contributed by atoms with Crippen LogP contribution in [0, 0.1) is 18.3 Å². The van der Waals surface area contributed by atoms with E-state index in [0.717, 1.165) is 30.4 Å². The highest BCUT2D eigenvalue weighted by Crippen LogP contribution is 2.19. The smallest absolute Gasteiger partial charge is 0.0814 e. The van der Waals surface area contributed by atoms with Crippen molar-refractivity contribution in [2.45, 2.75) is 41.2 Å². The van der Waals surface area contributed by atoms with Crippen molar-refractivity contribution in [3.8, 4) is 0 Å². The van der Waals surface area contributed by atoms with Gasteiger partial charge in [0.15, 0.2) is 0 Å². The SMILES string of the molecule is Cc1nn(CC(C)(C)CNCC(C)C)cc1Cl. The first-order valence-electron chi connectivity index (χ1n) is 6.20. The van der Waals surface area contributed by atoms with Crippen LogP contribution in [0.25, 0.3) is 0 Å². The summed E-state index contributed by atoms with van der Waals surface area (Å²) in [4.78, 5) is 0. The largest absolute Gasteiger partial charge is 0.316 e. The Bertz CT molecular complexity index is 336. The zero-order valence-corrected chi connectivity index (χ0v) is 12.3. The van der Waals surface area contributed by atoms with E-state index in [4.69, 9.17) is 11.6 Å². The van der Waals surface area contributed by atoms with Gasteiger partial charge in [-0.05, 0) is 24.8 Å². The molecule has 1 rings (SSSR count). The van der Waals surface area contributed by atoms with Crippen LogP contribution < -0.4 is 5.32 Å². The van der Waals surface area contributed by atoms with Gasteiger partial charge in [0.05, 0.1) is 10.7 Å². The maximum atomic E-state index is 6.01. The van der Waals surface area contributed by atoms with Crippen molar-refractivity contribution in [3.05, 3.63) is 16.9 Å². The van der Waals surface area contributed by atoms with Crippen LogP contribution in [0.15, 0.2) is 6.20 Å². The Morgan fingerprint density at radius 2 is 2.12 bits per heavy atom. The quantitative estimate of drug-likeness (QED) is 0.849. The van der Waals surface area contributed by atoms with Crippen LogP contribution in [-0.2, 0) is 6.54 Å². The Morgan fingerprint density at radius 3 is 2.59 bits per heavy atom. The minimum Gasteiger partial charge on any atom is -0.316 e. The predicted octanol–water partition coefficient (Wildman–Crippen LogP) is 3.12. The molecule has 1 N–H and O–H groups in total. The van der Waals surface area contributed by atoms with E-state index in [0.29, 0.717) is 5.92 Å². The molecule has 1 aromatic rings. The number of halogens is 1. The van der Waals surface area contributed by atoms with Gasteiger partial charge in [-0.1, -0.05) is 39.3 Å². The predicted molar refractivity (Wildman–Crippen MR) is 73.5 cm³/mol. The minimum absolute atomic E-state index is 0.177. The Morgan fingerprint density at radius 1 is 1.47 bits per heavy atom. The molecule has 1 aromatic heterocycles. The lowest BCUT2D eigenvalue weighted by molar-refractivity contribution is 0.272. The summed E-state index contributed by atoms with van der Waals surface area (Å²) in [6.07, 6.45) is 1.90. The summed E-state index contributed by atoms with van der Waals surface area (Å²) in [6.45, 7) is 13.8. The van der Waals surface area contributed by atoms with Gasteiger partial charge in [0, 0.05) is 19.3 Å². The third-order valence-corrected chi connectivity index (χ3v) is 3.00. The summed E-state index contributed by atoms with van der Waals surface area (Å²) in [5.41, 5.74) is 1.08. The first kappa shape index (κ1) is 14.5. The molecule has 17 heavy (non-hydrogen) atoms. The maximum absolute atomic E-state index is 6.01. The molecule has 0 atom stereocenters. The van der Waals surface area contributed by atoms with Crippen molar-refractivity contribution in [2.24, 2.45) is 11.3 Å². The zero-order valence-electron chi connectivity index (χ0n) is 11.5. The Hall–Kier alpha value is -0.540. The van der Waals surface area contributed by atoms with Crippen molar-refractivity contribution in [2.75, 3.05) is 13.1 Å². The lowest BCUT2D eigenvalue weighted by Gasteiger charge is -2.25. The van der Waals surface area contributed by atoms with Crippen LogP contribution in [0.4, 0.5) is 0 Å². The summed E-state index contributed by atoms with van der Waals surface area (Å²) in [5.74, 6) is 0.687. The lowest BCUT2D eigenvalue weighted by Crippen LogP contribution is -2.35. The topological polar surface area (TPSA) is 29.9 Å². The summed E-state index contributed by atoms with van der Waals surface area (Å²) in [6, 6.07) is 0. The van der Waals surface area contributed by atoms with Crippen molar-refractivity contribution >= 4 is 11.6 Å². The van der Waals surface area contributed by atoms with E-state index in [1.54, 1.807) is 0 Å². The van der Waals surface area contributed by atoms with Crippen LogP contribution in [0.5, 0.6) is 0 Å². The zero-order chi connectivity index (χ0) is 13.1. The third kappa shape index (κ3) is 5.09. The molecule has 0 aliphatic rings. The van der Waals surface area contributed by atoms with E-state index in [2.05, 4.69) is 38.1 Å². The Labute approximate surface area is 110 Å². The number of rotatable bonds is 6. The van der Waals surface area contributed by atoms with E-state index in [9.17, 15) is 0 Å². The average molecular weight is 258 g/mol. The van der Waals surface area contributed by atoms with Crippen molar-refractivity contribution in [3.63, 3.8) is 0 Å². The monoisotopic (exact) mass is 257 g/mol. The molecule has 0 fully saturated rings. The van der Waals surface area contributed by atoms with Crippen LogP contribution in [-0.4, -0.2) is 22.9 Å². The minimum atomic E-state index is 0.177. The summed E-state index contributed by atoms with van der Waals surface area (Å²) in [7, 11) is 0. The van der Waals surface area contributed by atoms with Gasteiger partial charge in [0.2, 0.25) is 0 Å². The van der Waals surface area contributed by atoms with Crippen LogP contribution >= 0.6 is 11.6 Å². The number of aryl methyl sites for hydroxylation is 1. The number of hydrogen-bond acceptors (Lipinski definition) is 2.